The van der Waals surface area contributed by atoms with E-state index in [-0.39, 0.29) is 19.1 Å². The van der Waals surface area contributed by atoms with Crippen molar-refractivity contribution in [2.24, 2.45) is 0 Å². The third-order valence-electron chi connectivity index (χ3n) is 4.23. The zero-order valence-electron chi connectivity index (χ0n) is 13.4. The minimum atomic E-state index is -0.917. The molecule has 1 aliphatic heterocycles. The van der Waals surface area contributed by atoms with Gasteiger partial charge < -0.3 is 14.7 Å². The molecule has 0 radical (unpaired) electrons. The van der Waals surface area contributed by atoms with Crippen LogP contribution in [-0.4, -0.2) is 35.0 Å². The van der Waals surface area contributed by atoms with E-state index in [0.717, 1.165) is 16.7 Å². The van der Waals surface area contributed by atoms with Gasteiger partial charge in [-0.2, -0.15) is 0 Å². The van der Waals surface area contributed by atoms with Crippen molar-refractivity contribution in [2.75, 3.05) is 13.2 Å². The molecule has 2 aromatic carbocycles. The number of aryl methyl sites for hydroxylation is 1. The molecule has 124 valence electrons. The summed E-state index contributed by atoms with van der Waals surface area (Å²) < 4.78 is 5.52. The van der Waals surface area contributed by atoms with Gasteiger partial charge in [-0.3, -0.25) is 9.59 Å². The van der Waals surface area contributed by atoms with E-state index in [1.54, 1.807) is 4.90 Å². The van der Waals surface area contributed by atoms with Gasteiger partial charge in [-0.15, -0.1) is 0 Å². The fourth-order valence-corrected chi connectivity index (χ4v) is 2.88. The van der Waals surface area contributed by atoms with Crippen molar-refractivity contribution >= 4 is 11.9 Å². The summed E-state index contributed by atoms with van der Waals surface area (Å²) in [5.74, 6) is -1.20. The molecule has 1 unspecified atom stereocenters. The molecule has 24 heavy (non-hydrogen) atoms. The van der Waals surface area contributed by atoms with Gasteiger partial charge >= 0.3 is 5.97 Å². The van der Waals surface area contributed by atoms with Crippen molar-refractivity contribution in [3.8, 4) is 5.75 Å². The number of hydrogen-bond donors (Lipinski definition) is 1. The van der Waals surface area contributed by atoms with E-state index in [9.17, 15) is 14.7 Å². The van der Waals surface area contributed by atoms with Gasteiger partial charge in [0.1, 0.15) is 5.75 Å². The van der Waals surface area contributed by atoms with Crippen LogP contribution in [-0.2, 0) is 16.1 Å². The third kappa shape index (κ3) is 3.40. The molecule has 0 aliphatic carbocycles. The molecule has 0 saturated heterocycles. The molecule has 0 spiro atoms. The van der Waals surface area contributed by atoms with Gasteiger partial charge in [-0.1, -0.05) is 42.0 Å². The number of ether oxygens (including phenoxy) is 1. The summed E-state index contributed by atoms with van der Waals surface area (Å²) in [6.07, 6.45) is 0. The molecule has 0 aromatic heterocycles. The number of carbonyl (C=O) groups is 2. The fraction of sp³-hybridized carbons (Fsp3) is 0.263. The number of rotatable bonds is 4. The molecule has 0 saturated carbocycles. The number of benzene rings is 2. The summed E-state index contributed by atoms with van der Waals surface area (Å²) in [5, 5.41) is 9.45. The molecule has 1 amide bonds. The second-order valence-electron chi connectivity index (χ2n) is 5.97. The normalized spacial score (nSPS) is 16.4. The van der Waals surface area contributed by atoms with Crippen LogP contribution in [0.15, 0.2) is 48.5 Å². The van der Waals surface area contributed by atoms with E-state index >= 15 is 0 Å². The number of amides is 1. The second-order valence-corrected chi connectivity index (χ2v) is 5.97. The highest BCUT2D eigenvalue weighted by atomic mass is 16.5. The Bertz CT molecular complexity index is 754. The molecule has 1 atom stereocenters. The van der Waals surface area contributed by atoms with Gasteiger partial charge in [0.05, 0.1) is 5.92 Å². The Labute approximate surface area is 140 Å². The van der Waals surface area contributed by atoms with Crippen LogP contribution in [0.25, 0.3) is 0 Å². The average molecular weight is 325 g/mol. The van der Waals surface area contributed by atoms with Crippen LogP contribution in [0.4, 0.5) is 0 Å². The minimum absolute atomic E-state index is 0.0996. The summed E-state index contributed by atoms with van der Waals surface area (Å²) in [6, 6.07) is 14.8. The second kappa shape index (κ2) is 6.74. The van der Waals surface area contributed by atoms with Crippen molar-refractivity contribution < 1.29 is 19.4 Å². The molecule has 1 N–H and O–H groups in total. The maximum Gasteiger partial charge on any atom is 0.312 e. The predicted octanol–water partition coefficient (Wildman–Crippen LogP) is 2.58. The highest BCUT2D eigenvalue weighted by Gasteiger charge is 2.32. The lowest BCUT2D eigenvalue weighted by Crippen LogP contribution is -2.42. The van der Waals surface area contributed by atoms with Crippen LogP contribution in [0.1, 0.15) is 22.6 Å². The third-order valence-corrected chi connectivity index (χ3v) is 4.23. The summed E-state index contributed by atoms with van der Waals surface area (Å²) in [4.78, 5) is 25.5. The van der Waals surface area contributed by atoms with Crippen LogP contribution < -0.4 is 4.74 Å². The standard InChI is InChI=1S/C19H19NO4/c1-13-6-8-15(9-7-13)24-12-18(21)20-10-14-4-2-3-5-16(14)17(11-20)19(22)23/h2-9,17H,10-12H2,1H3,(H,22,23). The topological polar surface area (TPSA) is 66.8 Å². The lowest BCUT2D eigenvalue weighted by molar-refractivity contribution is -0.142. The fourth-order valence-electron chi connectivity index (χ4n) is 2.88. The van der Waals surface area contributed by atoms with Crippen molar-refractivity contribution in [2.45, 2.75) is 19.4 Å². The van der Waals surface area contributed by atoms with Gasteiger partial charge in [0.25, 0.3) is 5.91 Å². The molecule has 2 aromatic rings. The van der Waals surface area contributed by atoms with Gasteiger partial charge in [0.2, 0.25) is 0 Å². The predicted molar refractivity (Wildman–Crippen MR) is 88.9 cm³/mol. The Balaban J connectivity index is 1.69. The molecule has 0 bridgehead atoms. The highest BCUT2D eigenvalue weighted by molar-refractivity contribution is 5.82. The zero-order chi connectivity index (χ0) is 17.1. The first kappa shape index (κ1) is 16.1. The summed E-state index contributed by atoms with van der Waals surface area (Å²) >= 11 is 0. The molecule has 3 rings (SSSR count). The number of carboxylic acid groups (broad SMARTS) is 1. The molecule has 0 fully saturated rings. The Morgan fingerprint density at radius 3 is 2.58 bits per heavy atom. The van der Waals surface area contributed by atoms with Crippen molar-refractivity contribution in [1.82, 2.24) is 4.90 Å². The number of aliphatic carboxylic acids is 1. The van der Waals surface area contributed by atoms with Crippen LogP contribution >= 0.6 is 0 Å². The van der Waals surface area contributed by atoms with E-state index < -0.39 is 11.9 Å². The largest absolute Gasteiger partial charge is 0.484 e. The Hall–Kier alpha value is -2.82. The number of carbonyl (C=O) groups excluding carboxylic acids is 1. The summed E-state index contributed by atoms with van der Waals surface area (Å²) in [6.45, 7) is 2.46. The number of fused-ring (bicyclic) bond motifs is 1. The number of hydrogen-bond acceptors (Lipinski definition) is 3. The number of carboxylic acids is 1. The van der Waals surface area contributed by atoms with Gasteiger partial charge in [0.15, 0.2) is 6.61 Å². The quantitative estimate of drug-likeness (QED) is 0.938. The lowest BCUT2D eigenvalue weighted by atomic mass is 9.90. The molecular weight excluding hydrogens is 306 g/mol. The Kier molecular flexibility index (Phi) is 4.51. The smallest absolute Gasteiger partial charge is 0.312 e. The maximum atomic E-state index is 12.4. The Morgan fingerprint density at radius 2 is 1.88 bits per heavy atom. The average Bonchev–Trinajstić information content (AvgIpc) is 2.59. The Morgan fingerprint density at radius 1 is 1.17 bits per heavy atom. The van der Waals surface area contributed by atoms with Crippen LogP contribution in [0, 0.1) is 6.92 Å². The first-order valence-electron chi connectivity index (χ1n) is 7.82. The zero-order valence-corrected chi connectivity index (χ0v) is 13.4. The summed E-state index contributed by atoms with van der Waals surface area (Å²) in [5.41, 5.74) is 2.78. The van der Waals surface area contributed by atoms with E-state index in [2.05, 4.69) is 0 Å². The monoisotopic (exact) mass is 325 g/mol. The van der Waals surface area contributed by atoms with E-state index in [0.29, 0.717) is 12.3 Å². The summed E-state index contributed by atoms with van der Waals surface area (Å²) in [7, 11) is 0. The first-order valence-corrected chi connectivity index (χ1v) is 7.82. The van der Waals surface area contributed by atoms with Crippen LogP contribution in [0.2, 0.25) is 0 Å². The molecule has 5 heteroatoms. The first-order chi connectivity index (χ1) is 11.5. The SMILES string of the molecule is Cc1ccc(OCC(=O)N2Cc3ccccc3C(C(=O)O)C2)cc1. The minimum Gasteiger partial charge on any atom is -0.484 e. The molecule has 5 nitrogen and oxygen atoms in total. The number of nitrogens with zero attached hydrogens (tertiary/aromatic N) is 1. The van der Waals surface area contributed by atoms with Crippen molar-refractivity contribution in [3.63, 3.8) is 0 Å². The van der Waals surface area contributed by atoms with Crippen molar-refractivity contribution in [1.29, 1.82) is 0 Å². The van der Waals surface area contributed by atoms with Crippen LogP contribution in [0.3, 0.4) is 0 Å². The van der Waals surface area contributed by atoms with Gasteiger partial charge in [-0.25, -0.2) is 0 Å². The van der Waals surface area contributed by atoms with E-state index in [4.69, 9.17) is 4.74 Å². The van der Waals surface area contributed by atoms with Gasteiger partial charge in [0, 0.05) is 13.1 Å². The molecule has 1 aliphatic rings. The highest BCUT2D eigenvalue weighted by Crippen LogP contribution is 2.28. The van der Waals surface area contributed by atoms with E-state index in [1.165, 1.54) is 0 Å². The van der Waals surface area contributed by atoms with Crippen LogP contribution in [0.5, 0.6) is 5.75 Å². The molecular formula is C19H19NO4. The van der Waals surface area contributed by atoms with E-state index in [1.807, 2.05) is 55.5 Å². The van der Waals surface area contributed by atoms with Gasteiger partial charge in [-0.05, 0) is 30.2 Å². The van der Waals surface area contributed by atoms with Crippen molar-refractivity contribution in [3.05, 3.63) is 65.2 Å². The maximum absolute atomic E-state index is 12.4. The molecule has 1 heterocycles. The lowest BCUT2D eigenvalue weighted by Gasteiger charge is -2.32.